The van der Waals surface area contributed by atoms with Gasteiger partial charge < -0.3 is 41.7 Å². The Morgan fingerprint density at radius 2 is 1.64 bits per heavy atom. The maximum atomic E-state index is 13.5. The lowest BCUT2D eigenvalue weighted by molar-refractivity contribution is -0.148. The van der Waals surface area contributed by atoms with Crippen LogP contribution in [0.4, 0.5) is 5.69 Å². The number of benzene rings is 1. The van der Waals surface area contributed by atoms with Gasteiger partial charge >= 0.3 is 0 Å². The lowest BCUT2D eigenvalue weighted by Crippen LogP contribution is -2.63. The number of nitrogens with one attached hydrogen (secondary N) is 3. The van der Waals surface area contributed by atoms with Crippen LogP contribution in [0.3, 0.4) is 0 Å². The molecule has 0 fully saturated rings. The van der Waals surface area contributed by atoms with E-state index < -0.39 is 58.0 Å². The molecule has 1 amide bonds. The Kier molecular flexibility index (Phi) is 8.60. The number of guanidine groups is 2. The fourth-order valence-electron chi connectivity index (χ4n) is 5.89. The van der Waals surface area contributed by atoms with Gasteiger partial charge in [0.2, 0.25) is 5.78 Å². The molecule has 15 nitrogen and oxygen atoms in total. The van der Waals surface area contributed by atoms with Gasteiger partial charge in [0.1, 0.15) is 22.8 Å². The Bertz CT molecular complexity index is 1430. The zero-order valence-electron chi connectivity index (χ0n) is 24.3. The van der Waals surface area contributed by atoms with Crippen molar-refractivity contribution in [2.24, 2.45) is 23.3 Å². The minimum absolute atomic E-state index is 0.00184. The Hall–Kier alpha value is -4.63. The lowest BCUT2D eigenvalue weighted by atomic mass is 9.58. The van der Waals surface area contributed by atoms with Crippen LogP contribution in [0, 0.1) is 22.7 Å². The summed E-state index contributed by atoms with van der Waals surface area (Å²) in [6.45, 7) is 0. The van der Waals surface area contributed by atoms with E-state index in [1.54, 1.807) is 53.3 Å². The van der Waals surface area contributed by atoms with Crippen LogP contribution in [0.2, 0.25) is 0 Å². The number of nitrogens with zero attached hydrogens (tertiary/aromatic N) is 3. The van der Waals surface area contributed by atoms with Crippen molar-refractivity contribution in [3.63, 3.8) is 0 Å². The minimum atomic E-state index is -2.63. The van der Waals surface area contributed by atoms with E-state index in [1.807, 2.05) is 0 Å². The first-order valence-corrected chi connectivity index (χ1v) is 12.9. The zero-order chi connectivity index (χ0) is 32.0. The van der Waals surface area contributed by atoms with Crippen LogP contribution >= 0.6 is 0 Å². The van der Waals surface area contributed by atoms with Crippen molar-refractivity contribution >= 4 is 35.1 Å². The van der Waals surface area contributed by atoms with E-state index in [9.17, 15) is 34.8 Å². The number of aliphatic hydroxyl groups is 3. The lowest BCUT2D eigenvalue weighted by Gasteiger charge is -2.50. The summed E-state index contributed by atoms with van der Waals surface area (Å²) >= 11 is 0. The molecule has 11 N–H and O–H groups in total. The SMILES string of the molecule is CN(C)C(=N)NC(=N)N.CN(C)c1ccc(O)c2c1C[C@H]1C[C@H]3[C@H](N(C)C)C(O)=C(C(N)=O)C(=O)[C@@]3(O)C(O)=C1C2=O. The fraction of sp³-hybridized carbons (Fsp3) is 0.444. The van der Waals surface area contributed by atoms with Gasteiger partial charge in [0.25, 0.3) is 5.91 Å². The second-order valence-corrected chi connectivity index (χ2v) is 11.1. The molecule has 4 atom stereocenters. The third-order valence-corrected chi connectivity index (χ3v) is 7.76. The van der Waals surface area contributed by atoms with Gasteiger partial charge in [-0.05, 0) is 50.6 Å². The van der Waals surface area contributed by atoms with Crippen LogP contribution in [0.1, 0.15) is 22.3 Å². The number of aliphatic hydroxyl groups excluding tert-OH is 2. The number of primary amides is 1. The van der Waals surface area contributed by atoms with Crippen molar-refractivity contribution in [2.45, 2.75) is 24.5 Å². The molecule has 0 spiro atoms. The fourth-order valence-corrected chi connectivity index (χ4v) is 5.89. The maximum absolute atomic E-state index is 13.5. The third kappa shape index (κ3) is 5.12. The topological polar surface area (TPSA) is 254 Å². The van der Waals surface area contributed by atoms with Crippen LogP contribution in [-0.2, 0) is 16.0 Å². The van der Waals surface area contributed by atoms with Crippen molar-refractivity contribution in [3.05, 3.63) is 45.9 Å². The predicted molar refractivity (Wildman–Crippen MR) is 154 cm³/mol. The van der Waals surface area contributed by atoms with Gasteiger partial charge in [0.05, 0.1) is 11.6 Å². The average molecular weight is 587 g/mol. The minimum Gasteiger partial charge on any atom is -0.510 e. The number of nitrogens with two attached hydrogens (primary N) is 2. The summed E-state index contributed by atoms with van der Waals surface area (Å²) in [5.74, 6) is -6.63. The van der Waals surface area contributed by atoms with Gasteiger partial charge in [0, 0.05) is 45.4 Å². The number of likely N-dealkylation sites (N-methyl/N-ethyl adjacent to an activating group) is 1. The quantitative estimate of drug-likeness (QED) is 0.119. The van der Waals surface area contributed by atoms with Gasteiger partial charge in [-0.1, -0.05) is 0 Å². The molecule has 42 heavy (non-hydrogen) atoms. The molecule has 0 bridgehead atoms. The van der Waals surface area contributed by atoms with Crippen LogP contribution in [-0.4, -0.2) is 114 Å². The molecule has 0 aliphatic heterocycles. The number of hydrogen-bond donors (Lipinski definition) is 9. The number of fused-ring (bicyclic) bond motifs is 3. The summed E-state index contributed by atoms with van der Waals surface area (Å²) in [4.78, 5) is 43.5. The van der Waals surface area contributed by atoms with Gasteiger partial charge in [-0.15, -0.1) is 0 Å². The molecule has 1 aromatic carbocycles. The van der Waals surface area contributed by atoms with E-state index in [1.165, 1.54) is 15.9 Å². The number of Topliss-reactive ketones (excluding diaryl/α,β-unsaturated/α-hetero) is 2. The molecule has 0 radical (unpaired) electrons. The Labute approximate surface area is 242 Å². The first-order chi connectivity index (χ1) is 19.4. The highest BCUT2D eigenvalue weighted by molar-refractivity contribution is 6.24. The van der Waals surface area contributed by atoms with Crippen LogP contribution in [0.5, 0.6) is 5.75 Å². The second-order valence-electron chi connectivity index (χ2n) is 11.1. The highest BCUT2D eigenvalue weighted by Gasteiger charge is 2.63. The number of allylic oxidation sites excluding steroid dienone is 1. The first-order valence-electron chi connectivity index (χ1n) is 12.9. The monoisotopic (exact) mass is 586 g/mol. The molecular formula is C27H38N8O7. The van der Waals surface area contributed by atoms with Gasteiger partial charge in [0.15, 0.2) is 23.3 Å². The van der Waals surface area contributed by atoms with E-state index in [0.717, 1.165) is 5.69 Å². The number of phenolic OH excluding ortho intramolecular Hbond substituents is 1. The second kappa shape index (κ2) is 11.3. The van der Waals surface area contributed by atoms with E-state index in [2.05, 4.69) is 5.32 Å². The molecule has 3 aliphatic rings. The summed E-state index contributed by atoms with van der Waals surface area (Å²) in [6.07, 6.45) is 0.324. The zero-order valence-corrected chi connectivity index (χ0v) is 24.3. The summed E-state index contributed by atoms with van der Waals surface area (Å²) in [7, 11) is 10.2. The van der Waals surface area contributed by atoms with Crippen molar-refractivity contribution in [3.8, 4) is 5.75 Å². The molecule has 0 saturated heterocycles. The number of anilines is 1. The molecule has 0 unspecified atom stereocenters. The smallest absolute Gasteiger partial charge is 0.255 e. The Morgan fingerprint density at radius 1 is 1.05 bits per heavy atom. The molecule has 15 heteroatoms. The van der Waals surface area contributed by atoms with Crippen molar-refractivity contribution in [1.82, 2.24) is 15.1 Å². The van der Waals surface area contributed by atoms with Crippen molar-refractivity contribution in [1.29, 1.82) is 10.8 Å². The predicted octanol–water partition coefficient (Wildman–Crippen LogP) is -0.848. The average Bonchev–Trinajstić information content (AvgIpc) is 2.85. The van der Waals surface area contributed by atoms with Crippen LogP contribution in [0.15, 0.2) is 34.8 Å². The summed E-state index contributed by atoms with van der Waals surface area (Å²) in [6, 6.07) is 2.06. The largest absolute Gasteiger partial charge is 0.510 e. The molecule has 3 aliphatic carbocycles. The summed E-state index contributed by atoms with van der Waals surface area (Å²) in [5, 5.41) is 60.0. The first kappa shape index (κ1) is 31.9. The van der Waals surface area contributed by atoms with Crippen molar-refractivity contribution in [2.75, 3.05) is 47.2 Å². The molecule has 1 aromatic rings. The standard InChI is InChI=1S/C23H27N3O7.C4H11N5/c1-25(2)12-5-6-13(27)15-10(12)7-9-8-11-17(26(3)4)19(29)16(22(24)32)21(31)23(11,33)20(30)14(9)18(15)28;1-9(2)4(7)8-3(5)6/h5-6,9,11,17,27,29-30,33H,7-8H2,1-4H3,(H2,24,32);1-2H3,(H5,5,6,7,8)/t9-,11-,17-,23-;/m0./s1. The molecule has 0 aromatic heterocycles. The normalized spacial score (nSPS) is 24.6. The van der Waals surface area contributed by atoms with Crippen LogP contribution in [0.25, 0.3) is 0 Å². The van der Waals surface area contributed by atoms with E-state index >= 15 is 0 Å². The van der Waals surface area contributed by atoms with E-state index in [-0.39, 0.29) is 41.6 Å². The number of phenols is 1. The number of hydrogen-bond acceptors (Lipinski definition) is 11. The number of carbonyl (C=O) groups excluding carboxylic acids is 3. The number of ketones is 2. The molecule has 228 valence electrons. The number of rotatable bonds is 3. The highest BCUT2D eigenvalue weighted by atomic mass is 16.3. The van der Waals surface area contributed by atoms with E-state index in [0.29, 0.717) is 5.56 Å². The number of aromatic hydroxyl groups is 1. The molecule has 4 rings (SSSR count). The summed E-state index contributed by atoms with van der Waals surface area (Å²) < 4.78 is 0. The third-order valence-electron chi connectivity index (χ3n) is 7.76. The molecular weight excluding hydrogens is 548 g/mol. The van der Waals surface area contributed by atoms with Crippen LogP contribution < -0.4 is 21.7 Å². The van der Waals surface area contributed by atoms with Gasteiger partial charge in [-0.25, -0.2) is 0 Å². The molecule has 0 heterocycles. The maximum Gasteiger partial charge on any atom is 0.255 e. The number of amides is 1. The van der Waals surface area contributed by atoms with Gasteiger partial charge in [-0.3, -0.25) is 35.4 Å². The molecule has 0 saturated carbocycles. The van der Waals surface area contributed by atoms with Crippen molar-refractivity contribution < 1.29 is 34.8 Å². The number of carbonyl (C=O) groups is 3. The van der Waals surface area contributed by atoms with Gasteiger partial charge in [-0.2, -0.15) is 0 Å². The summed E-state index contributed by atoms with van der Waals surface area (Å²) in [5.41, 5.74) is 7.96. The highest BCUT2D eigenvalue weighted by Crippen LogP contribution is 2.53. The Morgan fingerprint density at radius 3 is 2.10 bits per heavy atom. The van der Waals surface area contributed by atoms with E-state index in [4.69, 9.17) is 22.3 Å². The Balaban J connectivity index is 0.000000467.